The third-order valence-electron chi connectivity index (χ3n) is 5.03. The van der Waals surface area contributed by atoms with E-state index in [1.165, 1.54) is 30.5 Å². The lowest BCUT2D eigenvalue weighted by molar-refractivity contribution is -0.0964. The van der Waals surface area contributed by atoms with Gasteiger partial charge in [0.1, 0.15) is 17.4 Å². The van der Waals surface area contributed by atoms with Crippen molar-refractivity contribution in [3.8, 4) is 16.9 Å². The maximum atomic E-state index is 12.8. The number of nitrogens with one attached hydrogen (secondary N) is 1. The smallest absolute Gasteiger partial charge is 0.420 e. The first-order chi connectivity index (χ1) is 15.7. The monoisotopic (exact) mass is 475 g/mol. The first kappa shape index (κ1) is 22.8. The average Bonchev–Trinajstić information content (AvgIpc) is 3.20. The van der Waals surface area contributed by atoms with Gasteiger partial charge in [-0.15, -0.1) is 8.78 Å². The van der Waals surface area contributed by atoms with E-state index >= 15 is 0 Å². The molecule has 2 N–H and O–H groups in total. The van der Waals surface area contributed by atoms with E-state index in [4.69, 9.17) is 11.6 Å². The molecule has 0 unspecified atom stereocenters. The lowest BCUT2D eigenvalue weighted by Gasteiger charge is -2.21. The summed E-state index contributed by atoms with van der Waals surface area (Å²) in [6, 6.07) is 7.04. The number of carbonyl (C=O) groups is 1. The molecule has 0 saturated carbocycles. The van der Waals surface area contributed by atoms with Gasteiger partial charge in [0.25, 0.3) is 5.91 Å². The van der Waals surface area contributed by atoms with Crippen LogP contribution in [0, 0.1) is 6.92 Å². The van der Waals surface area contributed by atoms with E-state index in [1.807, 2.05) is 4.90 Å². The third kappa shape index (κ3) is 5.71. The Hall–Kier alpha value is -3.37. The van der Waals surface area contributed by atoms with Gasteiger partial charge >= 0.3 is 5.57 Å². The number of β-amino-alcohol motifs (C(OH)–C–C–N with tert-alkyl or cyclic N) is 1. The highest BCUT2D eigenvalue weighted by molar-refractivity contribution is 6.20. The van der Waals surface area contributed by atoms with Crippen LogP contribution in [0.3, 0.4) is 0 Å². The summed E-state index contributed by atoms with van der Waals surface area (Å²) in [6.07, 6.45) is 4.94. The Morgan fingerprint density at radius 1 is 1.21 bits per heavy atom. The van der Waals surface area contributed by atoms with E-state index < -0.39 is 17.6 Å². The van der Waals surface area contributed by atoms with Gasteiger partial charge < -0.3 is 20.1 Å². The molecule has 1 fully saturated rings. The van der Waals surface area contributed by atoms with Crippen molar-refractivity contribution in [1.82, 2.24) is 15.0 Å². The molecule has 0 radical (unpaired) electrons. The summed E-state index contributed by atoms with van der Waals surface area (Å²) >= 11 is 4.76. The summed E-state index contributed by atoms with van der Waals surface area (Å²) in [5.74, 6) is 0.645. The number of halogens is 3. The number of ether oxygens (including phenoxy) is 1. The predicted molar refractivity (Wildman–Crippen MR) is 119 cm³/mol. The number of carbonyl (C=O) groups excluding carboxylic acids is 1. The second-order valence-corrected chi connectivity index (χ2v) is 7.97. The quantitative estimate of drug-likeness (QED) is 0.522. The van der Waals surface area contributed by atoms with E-state index in [2.05, 4.69) is 25.0 Å². The van der Waals surface area contributed by atoms with Crippen molar-refractivity contribution < 1.29 is 23.4 Å². The first-order valence-electron chi connectivity index (χ1n) is 10.1. The average molecular weight is 476 g/mol. The maximum Gasteiger partial charge on any atom is 0.487 e. The number of anilines is 2. The highest BCUT2D eigenvalue weighted by Gasteiger charge is 2.27. The molecule has 3 aromatic rings. The molecule has 0 aliphatic carbocycles. The number of alkyl halides is 3. The Balaban J connectivity index is 1.59. The topological polar surface area (TPSA) is 100 Å². The standard InChI is InChI=1S/C22H20ClF2N5O3/c1-13-26-10-15(11-27-13)19-8-14(9-28-20(19)30-7-6-17(31)12-30)21(32)29-16-2-4-18(5-3-16)33-22(23,24)25/h2-5,8-11,17,31H,6-7,12H2,1H3,(H,29,32)/t17-/m1/s1. The number of pyridine rings is 1. The number of aromatic nitrogens is 3. The highest BCUT2D eigenvalue weighted by Crippen LogP contribution is 2.32. The van der Waals surface area contributed by atoms with Crippen LogP contribution in [0.1, 0.15) is 22.6 Å². The number of hydrogen-bond acceptors (Lipinski definition) is 7. The molecular formula is C22H20ClF2N5O3. The number of aryl methyl sites for hydroxylation is 1. The second kappa shape index (κ2) is 9.24. The molecule has 1 atom stereocenters. The van der Waals surface area contributed by atoms with E-state index in [-0.39, 0.29) is 11.3 Å². The molecule has 1 aromatic carbocycles. The number of hydrogen-bond donors (Lipinski definition) is 2. The Labute approximate surface area is 193 Å². The van der Waals surface area contributed by atoms with Crippen molar-refractivity contribution in [2.24, 2.45) is 0 Å². The van der Waals surface area contributed by atoms with Gasteiger partial charge in [0.05, 0.1) is 11.7 Å². The molecule has 33 heavy (non-hydrogen) atoms. The fraction of sp³-hybridized carbons (Fsp3) is 0.273. The molecule has 3 heterocycles. The zero-order valence-electron chi connectivity index (χ0n) is 17.5. The Morgan fingerprint density at radius 3 is 2.52 bits per heavy atom. The van der Waals surface area contributed by atoms with Crippen LogP contribution >= 0.6 is 11.6 Å². The summed E-state index contributed by atoms with van der Waals surface area (Å²) in [7, 11) is 0. The number of aliphatic hydroxyl groups is 1. The molecule has 0 spiro atoms. The lowest BCUT2D eigenvalue weighted by atomic mass is 10.1. The lowest BCUT2D eigenvalue weighted by Crippen LogP contribution is -2.23. The van der Waals surface area contributed by atoms with E-state index in [0.717, 1.165) is 0 Å². The van der Waals surface area contributed by atoms with Crippen LogP contribution in [0.5, 0.6) is 5.75 Å². The minimum Gasteiger partial charge on any atom is -0.420 e. The van der Waals surface area contributed by atoms with Crippen molar-refractivity contribution >= 4 is 29.0 Å². The van der Waals surface area contributed by atoms with Crippen molar-refractivity contribution in [1.29, 1.82) is 0 Å². The largest absolute Gasteiger partial charge is 0.487 e. The van der Waals surface area contributed by atoms with E-state index in [0.29, 0.717) is 48.0 Å². The van der Waals surface area contributed by atoms with Crippen molar-refractivity contribution in [3.63, 3.8) is 0 Å². The van der Waals surface area contributed by atoms with Crippen LogP contribution in [0.2, 0.25) is 0 Å². The molecule has 0 bridgehead atoms. The molecule has 4 rings (SSSR count). The molecule has 11 heteroatoms. The summed E-state index contributed by atoms with van der Waals surface area (Å²) in [5.41, 5.74) is -1.83. The number of amides is 1. The summed E-state index contributed by atoms with van der Waals surface area (Å²) in [4.78, 5) is 27.7. The van der Waals surface area contributed by atoms with Crippen LogP contribution in [-0.2, 0) is 0 Å². The van der Waals surface area contributed by atoms with Crippen molar-refractivity contribution in [2.75, 3.05) is 23.3 Å². The molecule has 172 valence electrons. The normalized spacial score (nSPS) is 16.0. The zero-order chi connectivity index (χ0) is 23.6. The first-order valence-corrected chi connectivity index (χ1v) is 10.4. The van der Waals surface area contributed by atoms with Crippen molar-refractivity contribution in [3.05, 3.63) is 60.3 Å². The third-order valence-corrected chi connectivity index (χ3v) is 5.11. The van der Waals surface area contributed by atoms with Crippen LogP contribution in [-0.4, -0.2) is 50.7 Å². The molecule has 2 aromatic heterocycles. The van der Waals surface area contributed by atoms with Crippen molar-refractivity contribution in [2.45, 2.75) is 25.0 Å². The SMILES string of the molecule is Cc1ncc(-c2cc(C(=O)Nc3ccc(OC(F)(F)Cl)cc3)cnc2N2CC[C@@H](O)C2)cn1. The Bertz CT molecular complexity index is 1140. The predicted octanol–water partition coefficient (Wildman–Crippen LogP) is 3.84. The fourth-order valence-electron chi connectivity index (χ4n) is 3.46. The fourth-order valence-corrected chi connectivity index (χ4v) is 3.54. The van der Waals surface area contributed by atoms with Gasteiger partial charge in [-0.2, -0.15) is 0 Å². The summed E-state index contributed by atoms with van der Waals surface area (Å²) < 4.78 is 29.8. The van der Waals surface area contributed by atoms with Gasteiger partial charge in [0.2, 0.25) is 0 Å². The maximum absolute atomic E-state index is 12.8. The molecule has 1 aliphatic rings. The minimum absolute atomic E-state index is 0.145. The van der Waals surface area contributed by atoms with Crippen LogP contribution in [0.15, 0.2) is 48.9 Å². The molecule has 1 aliphatic heterocycles. The number of aliphatic hydroxyl groups excluding tert-OH is 1. The number of rotatable bonds is 6. The number of benzene rings is 1. The second-order valence-electron chi connectivity index (χ2n) is 7.53. The Kier molecular flexibility index (Phi) is 6.39. The van der Waals surface area contributed by atoms with E-state index in [1.54, 1.807) is 25.4 Å². The van der Waals surface area contributed by atoms with Crippen LogP contribution in [0.4, 0.5) is 20.3 Å². The van der Waals surface area contributed by atoms with Gasteiger partial charge in [0, 0.05) is 60.1 Å². The van der Waals surface area contributed by atoms with Crippen LogP contribution < -0.4 is 15.0 Å². The highest BCUT2D eigenvalue weighted by atomic mass is 35.5. The van der Waals surface area contributed by atoms with Gasteiger partial charge in [-0.3, -0.25) is 4.79 Å². The van der Waals surface area contributed by atoms with Gasteiger partial charge in [0.15, 0.2) is 0 Å². The van der Waals surface area contributed by atoms with Gasteiger partial charge in [-0.05, 0) is 43.7 Å². The Morgan fingerprint density at radius 2 is 1.91 bits per heavy atom. The molecule has 1 saturated heterocycles. The summed E-state index contributed by atoms with van der Waals surface area (Å²) in [6.45, 7) is 2.84. The van der Waals surface area contributed by atoms with Gasteiger partial charge in [-0.25, -0.2) is 15.0 Å². The number of nitrogens with zero attached hydrogens (tertiary/aromatic N) is 4. The van der Waals surface area contributed by atoms with E-state index in [9.17, 15) is 18.7 Å². The molecule has 8 nitrogen and oxygen atoms in total. The van der Waals surface area contributed by atoms with Gasteiger partial charge in [-0.1, -0.05) is 0 Å². The zero-order valence-corrected chi connectivity index (χ0v) is 18.3. The summed E-state index contributed by atoms with van der Waals surface area (Å²) in [5, 5.41) is 12.6. The molecule has 1 amide bonds. The van der Waals surface area contributed by atoms with Crippen LogP contribution in [0.25, 0.3) is 11.1 Å². The molecular weight excluding hydrogens is 456 g/mol. The minimum atomic E-state index is -3.82.